The molecule has 0 spiro atoms. The second-order valence-electron chi connectivity index (χ2n) is 8.42. The van der Waals surface area contributed by atoms with E-state index < -0.39 is 0 Å². The van der Waals surface area contributed by atoms with Gasteiger partial charge in [-0.25, -0.2) is 0 Å². The van der Waals surface area contributed by atoms with Gasteiger partial charge in [0, 0.05) is 50.9 Å². The molecule has 0 radical (unpaired) electrons. The van der Waals surface area contributed by atoms with Gasteiger partial charge in [-0.3, -0.25) is 14.6 Å². The number of rotatable bonds is 10. The molecule has 8 nitrogen and oxygen atoms in total. The Morgan fingerprint density at radius 3 is 2.48 bits per heavy atom. The summed E-state index contributed by atoms with van der Waals surface area (Å²) < 4.78 is 0. The lowest BCUT2D eigenvalue weighted by atomic mass is 10.2. The van der Waals surface area contributed by atoms with Gasteiger partial charge >= 0.3 is 0 Å². The first-order valence-electron chi connectivity index (χ1n) is 11.2. The summed E-state index contributed by atoms with van der Waals surface area (Å²) in [5.41, 5.74) is 6.88. The molecule has 0 unspecified atom stereocenters. The van der Waals surface area contributed by atoms with Gasteiger partial charge < -0.3 is 16.0 Å². The first kappa shape index (κ1) is 21.8. The van der Waals surface area contributed by atoms with E-state index in [1.54, 1.807) is 4.90 Å². The van der Waals surface area contributed by atoms with Gasteiger partial charge in [-0.2, -0.15) is 9.97 Å². The normalized spacial score (nSPS) is 17.9. The van der Waals surface area contributed by atoms with Crippen molar-refractivity contribution in [2.75, 3.05) is 61.8 Å². The van der Waals surface area contributed by atoms with Crippen molar-refractivity contribution >= 4 is 23.5 Å². The van der Waals surface area contributed by atoms with E-state index in [1.807, 2.05) is 0 Å². The molecule has 0 bridgehead atoms. The molecule has 1 aromatic rings. The van der Waals surface area contributed by atoms with Gasteiger partial charge in [0.1, 0.15) is 11.6 Å². The zero-order valence-electron chi connectivity index (χ0n) is 18.3. The minimum absolute atomic E-state index is 0.0808. The van der Waals surface area contributed by atoms with Crippen LogP contribution in [0.25, 0.3) is 0 Å². The Bertz CT molecular complexity index is 686. The highest BCUT2D eigenvalue weighted by Gasteiger charge is 2.31. The molecular weight excluding hydrogens is 366 g/mol. The molecule has 1 amide bonds. The van der Waals surface area contributed by atoms with Crippen LogP contribution in [0, 0.1) is 0 Å². The number of nitrogens with zero attached hydrogens (tertiary/aromatic N) is 5. The zero-order chi connectivity index (χ0) is 20.8. The first-order valence-corrected chi connectivity index (χ1v) is 11.2. The average molecular weight is 404 g/mol. The minimum Gasteiger partial charge on any atom is -0.383 e. The molecule has 3 heterocycles. The smallest absolute Gasteiger partial charge is 0.232 e. The average Bonchev–Trinajstić information content (AvgIpc) is 3.02. The molecule has 162 valence electrons. The van der Waals surface area contributed by atoms with Gasteiger partial charge in [0.2, 0.25) is 11.9 Å². The summed E-state index contributed by atoms with van der Waals surface area (Å²) in [5.74, 6) is 1.73. The fourth-order valence-electron chi connectivity index (χ4n) is 4.04. The van der Waals surface area contributed by atoms with Gasteiger partial charge in [-0.15, -0.1) is 0 Å². The number of nitrogen functional groups attached to an aromatic ring is 1. The number of hydrogen-bond acceptors (Lipinski definition) is 7. The second kappa shape index (κ2) is 10.2. The van der Waals surface area contributed by atoms with E-state index in [2.05, 4.69) is 45.9 Å². The Kier molecular flexibility index (Phi) is 7.66. The Hall–Kier alpha value is -1.93. The molecule has 3 N–H and O–H groups in total. The molecule has 0 aliphatic carbocycles. The van der Waals surface area contributed by atoms with E-state index in [0.717, 1.165) is 70.5 Å². The summed E-state index contributed by atoms with van der Waals surface area (Å²) in [4.78, 5) is 28.3. The zero-order valence-corrected chi connectivity index (χ0v) is 18.3. The second-order valence-corrected chi connectivity index (χ2v) is 8.42. The predicted octanol–water partition coefficient (Wildman–Crippen LogP) is 1.97. The lowest BCUT2D eigenvalue weighted by Crippen LogP contribution is -2.49. The van der Waals surface area contributed by atoms with Crippen LogP contribution in [0.4, 0.5) is 17.6 Å². The maximum atomic E-state index is 12.5. The third kappa shape index (κ3) is 5.57. The number of hydrogen-bond donors (Lipinski definition) is 2. The number of anilines is 3. The Balaban J connectivity index is 1.49. The number of nitrogens with one attached hydrogen (secondary N) is 1. The van der Waals surface area contributed by atoms with E-state index in [1.165, 1.54) is 0 Å². The number of unbranched alkanes of at least 4 members (excludes halogenated alkanes) is 2. The number of nitrogens with two attached hydrogens (primary N) is 1. The molecule has 0 aromatic carbocycles. The van der Waals surface area contributed by atoms with Gasteiger partial charge in [0.05, 0.1) is 6.42 Å². The molecule has 2 aliphatic heterocycles. The summed E-state index contributed by atoms with van der Waals surface area (Å²) in [5, 5.41) is 3.22. The quantitative estimate of drug-likeness (QED) is 0.577. The van der Waals surface area contributed by atoms with Gasteiger partial charge in [0.25, 0.3) is 0 Å². The lowest BCUT2D eigenvalue weighted by molar-refractivity contribution is -0.117. The number of piperazine rings is 1. The monoisotopic (exact) mass is 403 g/mol. The van der Waals surface area contributed by atoms with Gasteiger partial charge in [-0.05, 0) is 39.7 Å². The Labute approximate surface area is 174 Å². The topological polar surface area (TPSA) is 90.6 Å². The third-order valence-corrected chi connectivity index (χ3v) is 5.96. The maximum Gasteiger partial charge on any atom is 0.232 e. The molecule has 3 rings (SSSR count). The Morgan fingerprint density at radius 1 is 1.07 bits per heavy atom. The first-order chi connectivity index (χ1) is 14.0. The van der Waals surface area contributed by atoms with E-state index in [-0.39, 0.29) is 5.91 Å². The van der Waals surface area contributed by atoms with Crippen LogP contribution in [0.15, 0.2) is 0 Å². The molecule has 0 atom stereocenters. The van der Waals surface area contributed by atoms with Crippen molar-refractivity contribution in [2.45, 2.75) is 58.9 Å². The van der Waals surface area contributed by atoms with E-state index >= 15 is 0 Å². The molecule has 29 heavy (non-hydrogen) atoms. The van der Waals surface area contributed by atoms with Gasteiger partial charge in [0.15, 0.2) is 0 Å². The van der Waals surface area contributed by atoms with Crippen LogP contribution < -0.4 is 16.0 Å². The fraction of sp³-hybridized carbons (Fsp3) is 0.762. The van der Waals surface area contributed by atoms with E-state index in [0.29, 0.717) is 36.6 Å². The summed E-state index contributed by atoms with van der Waals surface area (Å²) in [6.07, 6.45) is 4.52. The van der Waals surface area contributed by atoms with E-state index in [4.69, 9.17) is 5.73 Å². The molecule has 0 saturated carbocycles. The number of carbonyl (C=O) groups is 1. The van der Waals surface area contributed by atoms with Crippen molar-refractivity contribution in [1.29, 1.82) is 0 Å². The number of aromatic nitrogens is 2. The largest absolute Gasteiger partial charge is 0.383 e. The highest BCUT2D eigenvalue weighted by atomic mass is 16.2. The minimum atomic E-state index is 0.0808. The van der Waals surface area contributed by atoms with Crippen molar-refractivity contribution < 1.29 is 4.79 Å². The highest BCUT2D eigenvalue weighted by Crippen LogP contribution is 2.31. The fourth-order valence-corrected chi connectivity index (χ4v) is 4.04. The molecular formula is C21H37N7O. The van der Waals surface area contributed by atoms with Crippen molar-refractivity contribution in [2.24, 2.45) is 0 Å². The molecule has 1 fully saturated rings. The summed E-state index contributed by atoms with van der Waals surface area (Å²) in [6, 6.07) is 0.633. The van der Waals surface area contributed by atoms with Crippen LogP contribution >= 0.6 is 0 Å². The number of fused-ring (bicyclic) bond motifs is 1. The third-order valence-electron chi connectivity index (χ3n) is 5.96. The summed E-state index contributed by atoms with van der Waals surface area (Å²) >= 11 is 0. The van der Waals surface area contributed by atoms with Crippen LogP contribution in [-0.4, -0.2) is 77.5 Å². The van der Waals surface area contributed by atoms with Crippen molar-refractivity contribution in [3.05, 3.63) is 5.56 Å². The van der Waals surface area contributed by atoms with E-state index in [9.17, 15) is 4.79 Å². The van der Waals surface area contributed by atoms with Crippen LogP contribution in [0.3, 0.4) is 0 Å². The standard InChI is InChI=1S/C21H37N7O/c1-4-5-8-23-21-24-19(22)17-15-18(29)28(20(17)25-21)10-7-6-9-26-11-13-27(14-12-26)16(2)3/h16H,4-15H2,1-3H3,(H3,22,23,24,25). The molecule has 8 heteroatoms. The van der Waals surface area contributed by atoms with Crippen LogP contribution in [0.5, 0.6) is 0 Å². The van der Waals surface area contributed by atoms with Crippen LogP contribution in [0.2, 0.25) is 0 Å². The summed E-state index contributed by atoms with van der Waals surface area (Å²) in [7, 11) is 0. The number of carbonyl (C=O) groups excluding carboxylic acids is 1. The van der Waals surface area contributed by atoms with Crippen molar-refractivity contribution in [1.82, 2.24) is 19.8 Å². The Morgan fingerprint density at radius 2 is 1.79 bits per heavy atom. The molecule has 1 aromatic heterocycles. The summed E-state index contributed by atoms with van der Waals surface area (Å²) in [6.45, 7) is 13.9. The molecule has 1 saturated heterocycles. The van der Waals surface area contributed by atoms with Gasteiger partial charge in [-0.1, -0.05) is 13.3 Å². The number of amides is 1. The SMILES string of the molecule is CCCCNc1nc(N)c2c(n1)N(CCCCN1CCN(C(C)C)CC1)C(=O)C2. The van der Waals surface area contributed by atoms with Crippen LogP contribution in [0.1, 0.15) is 52.0 Å². The van der Waals surface area contributed by atoms with Crippen LogP contribution in [-0.2, 0) is 11.2 Å². The predicted molar refractivity (Wildman–Crippen MR) is 118 cm³/mol. The molecule has 2 aliphatic rings. The van der Waals surface area contributed by atoms with Crippen molar-refractivity contribution in [3.8, 4) is 0 Å². The maximum absolute atomic E-state index is 12.5. The lowest BCUT2D eigenvalue weighted by Gasteiger charge is -2.37. The van der Waals surface area contributed by atoms with Crippen molar-refractivity contribution in [3.63, 3.8) is 0 Å². The highest BCUT2D eigenvalue weighted by molar-refractivity contribution is 6.01.